The van der Waals surface area contributed by atoms with Gasteiger partial charge in [-0.05, 0) is 58.1 Å². The van der Waals surface area contributed by atoms with Crippen LogP contribution in [0.5, 0.6) is 0 Å². The lowest BCUT2D eigenvalue weighted by Gasteiger charge is -2.48. The lowest BCUT2D eigenvalue weighted by molar-refractivity contribution is -0.157. The van der Waals surface area contributed by atoms with Crippen LogP contribution in [0.2, 0.25) is 0 Å². The Morgan fingerprint density at radius 3 is 1.94 bits per heavy atom. The molecule has 1 aliphatic rings. The third-order valence-electron chi connectivity index (χ3n) is 7.60. The number of Topliss-reactive ketones (excluding diaryl/α,β-unsaturated/α-hetero) is 1. The van der Waals surface area contributed by atoms with E-state index in [9.17, 15) is 14.7 Å². The van der Waals surface area contributed by atoms with Crippen molar-refractivity contribution in [2.24, 2.45) is 10.8 Å². The van der Waals surface area contributed by atoms with Crippen LogP contribution in [0.4, 0.5) is 0 Å². The van der Waals surface area contributed by atoms with Crippen molar-refractivity contribution in [3.8, 4) is 0 Å². The predicted octanol–water partition coefficient (Wildman–Crippen LogP) is 7.79. The maximum absolute atomic E-state index is 14.1. The van der Waals surface area contributed by atoms with Crippen LogP contribution < -0.4 is 0 Å². The van der Waals surface area contributed by atoms with E-state index in [1.807, 2.05) is 27.7 Å². The molecule has 1 aliphatic carbocycles. The van der Waals surface area contributed by atoms with Gasteiger partial charge in [-0.1, -0.05) is 87.0 Å². The highest BCUT2D eigenvalue weighted by atomic mass is 31.0. The normalized spacial score (nSPS) is 17.0. The van der Waals surface area contributed by atoms with Crippen LogP contribution in [0.15, 0.2) is 12.1 Å². The zero-order valence-electron chi connectivity index (χ0n) is 20.9. The van der Waals surface area contributed by atoms with Crippen LogP contribution in [0.1, 0.15) is 118 Å². The molecular weight excluding hydrogens is 419 g/mol. The zero-order chi connectivity index (χ0) is 24.4. The van der Waals surface area contributed by atoms with Crippen molar-refractivity contribution in [2.75, 3.05) is 0 Å². The molecule has 180 valence electrons. The van der Waals surface area contributed by atoms with Crippen molar-refractivity contribution < 1.29 is 19.3 Å². The van der Waals surface area contributed by atoms with Gasteiger partial charge in [0.2, 0.25) is 0 Å². The summed E-state index contributed by atoms with van der Waals surface area (Å²) in [4.78, 5) is 26.8. The number of hydrogen-bond acceptors (Lipinski definition) is 3. The molecule has 0 amide bonds. The Balaban J connectivity index is 0.00000249. The third kappa shape index (κ3) is 6.28. The molecule has 0 spiro atoms. The summed E-state index contributed by atoms with van der Waals surface area (Å²) in [5.41, 5.74) is 2.05. The highest BCUT2D eigenvalue weighted by Crippen LogP contribution is 2.55. The van der Waals surface area contributed by atoms with Crippen LogP contribution in [0.25, 0.3) is 0 Å². The second-order valence-electron chi connectivity index (χ2n) is 9.90. The molecule has 1 N–H and O–H groups in total. The molecule has 5 heteroatoms. The summed E-state index contributed by atoms with van der Waals surface area (Å²) in [6.07, 6.45) is 11.7. The summed E-state index contributed by atoms with van der Waals surface area (Å²) >= 11 is 0. The first-order valence-corrected chi connectivity index (χ1v) is 12.8. The Bertz CT molecular complexity index is 744. The maximum Gasteiger partial charge on any atom is 0.310 e. The van der Waals surface area contributed by atoms with Gasteiger partial charge in [0.15, 0.2) is 5.78 Å². The molecule has 1 fully saturated rings. The standard InChI is InChI=1S/C27H42O3.H2OP/c1-6-7-8-9-10-12-15-26(5,25(29)30)27(16-13-11-14-17-27)24(28)23-21(3)18-20(2)19-22(23)4;1-2/h18-19H,6-17H2,1-5H3,(H,29,30);2H2/q;+1. The van der Waals surface area contributed by atoms with Crippen molar-refractivity contribution in [1.29, 1.82) is 0 Å². The summed E-state index contributed by atoms with van der Waals surface area (Å²) < 4.78 is 8.17. The Morgan fingerprint density at radius 1 is 0.938 bits per heavy atom. The minimum absolute atomic E-state index is 0.0769. The topological polar surface area (TPSA) is 71.4 Å². The average Bonchev–Trinajstić information content (AvgIpc) is 2.76. The number of carbonyl (C=O) groups is 2. The summed E-state index contributed by atoms with van der Waals surface area (Å²) in [5.74, 6) is -0.721. The molecule has 0 heterocycles. The second kappa shape index (κ2) is 13.2. The first-order chi connectivity index (χ1) is 15.2. The number of benzene rings is 1. The quantitative estimate of drug-likeness (QED) is 0.206. The van der Waals surface area contributed by atoms with Gasteiger partial charge in [0.25, 0.3) is 0 Å². The summed E-state index contributed by atoms with van der Waals surface area (Å²) in [7, 11) is 1.17. The number of ketones is 1. The molecule has 1 saturated carbocycles. The van der Waals surface area contributed by atoms with Gasteiger partial charge in [-0.25, -0.2) is 0 Å². The van der Waals surface area contributed by atoms with Crippen LogP contribution in [0.3, 0.4) is 0 Å². The van der Waals surface area contributed by atoms with E-state index in [2.05, 4.69) is 19.1 Å². The highest BCUT2D eigenvalue weighted by Gasteiger charge is 2.57. The van der Waals surface area contributed by atoms with Gasteiger partial charge < -0.3 is 5.11 Å². The number of carboxylic acids is 1. The van der Waals surface area contributed by atoms with E-state index in [0.29, 0.717) is 19.3 Å². The smallest absolute Gasteiger partial charge is 0.310 e. The van der Waals surface area contributed by atoms with E-state index in [1.165, 1.54) is 28.4 Å². The number of carboxylic acid groups (broad SMARTS) is 1. The number of rotatable bonds is 11. The summed E-state index contributed by atoms with van der Waals surface area (Å²) in [6.45, 7) is 10.1. The zero-order valence-corrected chi connectivity index (χ0v) is 22.0. The van der Waals surface area contributed by atoms with Gasteiger partial charge in [0, 0.05) is 11.0 Å². The largest absolute Gasteiger partial charge is 0.481 e. The SMILES string of the molecule is CCCCCCCCC(C)(C(=O)O)C1(C(=O)c2c(C)cc(C)cc2C)CCCCC1.O=[PH2+]. The predicted molar refractivity (Wildman–Crippen MR) is 135 cm³/mol. The van der Waals surface area contributed by atoms with Crippen molar-refractivity contribution in [2.45, 2.75) is 112 Å². The fourth-order valence-electron chi connectivity index (χ4n) is 5.77. The van der Waals surface area contributed by atoms with Crippen LogP contribution >= 0.6 is 9.12 Å². The molecule has 0 bridgehead atoms. The fraction of sp³-hybridized carbons (Fsp3) is 0.704. The maximum atomic E-state index is 14.1. The summed E-state index contributed by atoms with van der Waals surface area (Å²) in [5, 5.41) is 10.4. The van der Waals surface area contributed by atoms with Gasteiger partial charge >= 0.3 is 15.1 Å². The minimum Gasteiger partial charge on any atom is -0.481 e. The van der Waals surface area contributed by atoms with Crippen LogP contribution in [-0.4, -0.2) is 16.9 Å². The minimum atomic E-state index is -1.01. The van der Waals surface area contributed by atoms with Gasteiger partial charge in [-0.15, -0.1) is 0 Å². The molecule has 0 aromatic heterocycles. The fourth-order valence-corrected chi connectivity index (χ4v) is 5.77. The van der Waals surface area contributed by atoms with Gasteiger partial charge in [0.1, 0.15) is 0 Å². The van der Waals surface area contributed by atoms with E-state index in [1.54, 1.807) is 0 Å². The van der Waals surface area contributed by atoms with Crippen molar-refractivity contribution >= 4 is 20.9 Å². The third-order valence-corrected chi connectivity index (χ3v) is 7.60. The molecule has 32 heavy (non-hydrogen) atoms. The molecular formula is C27H44O4P+. The number of aliphatic carboxylic acids is 1. The number of hydrogen-bond donors (Lipinski definition) is 1. The monoisotopic (exact) mass is 463 g/mol. The molecule has 0 saturated heterocycles. The molecule has 2 unspecified atom stereocenters. The highest BCUT2D eigenvalue weighted by molar-refractivity contribution is 7.00. The molecule has 2 rings (SSSR count). The van der Waals surface area contributed by atoms with E-state index in [0.717, 1.165) is 60.8 Å². The molecule has 1 aromatic rings. The average molecular weight is 464 g/mol. The molecule has 4 nitrogen and oxygen atoms in total. The van der Waals surface area contributed by atoms with Crippen LogP contribution in [-0.2, 0) is 9.36 Å². The number of aryl methyl sites for hydroxylation is 3. The van der Waals surface area contributed by atoms with Crippen molar-refractivity contribution in [1.82, 2.24) is 0 Å². The van der Waals surface area contributed by atoms with E-state index in [-0.39, 0.29) is 5.78 Å². The Labute approximate surface area is 197 Å². The lowest BCUT2D eigenvalue weighted by atomic mass is 9.53. The van der Waals surface area contributed by atoms with Gasteiger partial charge in [-0.3, -0.25) is 9.59 Å². The lowest BCUT2D eigenvalue weighted by Crippen LogP contribution is -2.52. The van der Waals surface area contributed by atoms with Gasteiger partial charge in [-0.2, -0.15) is 0 Å². The van der Waals surface area contributed by atoms with E-state index >= 15 is 0 Å². The molecule has 0 radical (unpaired) electrons. The van der Waals surface area contributed by atoms with Crippen molar-refractivity contribution in [3.05, 3.63) is 34.4 Å². The number of carbonyl (C=O) groups excluding carboxylic acids is 1. The number of unbranched alkanes of at least 4 members (excludes halogenated alkanes) is 5. The molecule has 1 aromatic carbocycles. The Kier molecular flexibility index (Phi) is 11.8. The molecule has 0 aliphatic heterocycles. The van der Waals surface area contributed by atoms with Crippen molar-refractivity contribution in [3.63, 3.8) is 0 Å². The Morgan fingerprint density at radius 2 is 1.44 bits per heavy atom. The van der Waals surface area contributed by atoms with Crippen LogP contribution in [0, 0.1) is 31.6 Å². The second-order valence-corrected chi connectivity index (χ2v) is 9.90. The van der Waals surface area contributed by atoms with E-state index in [4.69, 9.17) is 4.57 Å². The summed E-state index contributed by atoms with van der Waals surface area (Å²) in [6, 6.07) is 4.12. The Hall–Kier alpha value is -1.54. The molecule has 2 atom stereocenters. The first kappa shape index (κ1) is 28.5. The first-order valence-electron chi connectivity index (χ1n) is 12.3. The van der Waals surface area contributed by atoms with E-state index < -0.39 is 16.8 Å². The van der Waals surface area contributed by atoms with Gasteiger partial charge in [0.05, 0.1) is 5.41 Å².